The van der Waals surface area contributed by atoms with Crippen molar-refractivity contribution < 1.29 is 0 Å². The molecule has 1 unspecified atom stereocenters. The van der Waals surface area contributed by atoms with Crippen molar-refractivity contribution in [2.24, 2.45) is 0 Å². The molecular weight excluding hydrogens is 188 g/mol. The Morgan fingerprint density at radius 2 is 2.07 bits per heavy atom. The van der Waals surface area contributed by atoms with Crippen LogP contribution in [-0.4, -0.2) is 27.9 Å². The van der Waals surface area contributed by atoms with Gasteiger partial charge >= 0.3 is 0 Å². The van der Waals surface area contributed by atoms with Gasteiger partial charge in [-0.1, -0.05) is 20.3 Å². The molecule has 0 radical (unpaired) electrons. The van der Waals surface area contributed by atoms with E-state index in [1.54, 1.807) is 0 Å². The summed E-state index contributed by atoms with van der Waals surface area (Å²) in [5.41, 5.74) is 0. The summed E-state index contributed by atoms with van der Waals surface area (Å²) in [6.07, 6.45) is 2.32. The molecule has 0 aliphatic rings. The molecule has 0 saturated heterocycles. The number of nitrogens with one attached hydrogen (secondary N) is 1. The van der Waals surface area contributed by atoms with Crippen LogP contribution in [0.4, 0.5) is 0 Å². The van der Waals surface area contributed by atoms with Gasteiger partial charge in [0.2, 0.25) is 0 Å². The van der Waals surface area contributed by atoms with Gasteiger partial charge in [0.1, 0.15) is 11.6 Å². The van der Waals surface area contributed by atoms with Crippen LogP contribution >= 0.6 is 0 Å². The Bertz CT molecular complexity index is 293. The van der Waals surface area contributed by atoms with E-state index in [0.717, 1.165) is 31.2 Å². The lowest BCUT2D eigenvalue weighted by molar-refractivity contribution is 0.390. The van der Waals surface area contributed by atoms with Gasteiger partial charge in [0.25, 0.3) is 0 Å². The van der Waals surface area contributed by atoms with Gasteiger partial charge in [0, 0.05) is 6.54 Å². The van der Waals surface area contributed by atoms with Gasteiger partial charge in [0.05, 0.1) is 6.04 Å². The third-order valence-corrected chi connectivity index (χ3v) is 2.51. The fourth-order valence-corrected chi connectivity index (χ4v) is 1.84. The summed E-state index contributed by atoms with van der Waals surface area (Å²) in [4.78, 5) is 4.35. The summed E-state index contributed by atoms with van der Waals surface area (Å²) in [5.74, 6) is 1.88. The van der Waals surface area contributed by atoms with E-state index in [4.69, 9.17) is 0 Å². The lowest BCUT2D eigenvalue weighted by atomic mass is 10.1. The quantitative estimate of drug-likeness (QED) is 0.779. The number of aromatic nitrogens is 3. The number of aryl methyl sites for hydroxylation is 2. The fraction of sp³-hybridized carbons (Fsp3) is 0.818. The Hall–Kier alpha value is -0.900. The van der Waals surface area contributed by atoms with Crippen LogP contribution in [0.1, 0.15) is 44.4 Å². The van der Waals surface area contributed by atoms with Crippen LogP contribution in [0.25, 0.3) is 0 Å². The minimum Gasteiger partial charge on any atom is -0.315 e. The average molecular weight is 210 g/mol. The highest BCUT2D eigenvalue weighted by Gasteiger charge is 2.13. The Balaban J connectivity index is 2.73. The standard InChI is InChI=1S/C11H22N4/c1-5-7-11(8-12-6-2)15-10(4)13-9(3)14-15/h11-12H,5-8H2,1-4H3. The van der Waals surface area contributed by atoms with Gasteiger partial charge in [-0.3, -0.25) is 0 Å². The second kappa shape index (κ2) is 5.85. The predicted molar refractivity (Wildman–Crippen MR) is 62.0 cm³/mol. The van der Waals surface area contributed by atoms with Gasteiger partial charge < -0.3 is 5.32 Å². The van der Waals surface area contributed by atoms with Crippen molar-refractivity contribution in [2.75, 3.05) is 13.1 Å². The molecule has 1 aromatic rings. The molecule has 1 heterocycles. The summed E-state index contributed by atoms with van der Waals surface area (Å²) in [6.45, 7) is 10.3. The largest absolute Gasteiger partial charge is 0.315 e. The molecule has 1 N–H and O–H groups in total. The van der Waals surface area contributed by atoms with E-state index >= 15 is 0 Å². The highest BCUT2D eigenvalue weighted by molar-refractivity contribution is 4.90. The van der Waals surface area contributed by atoms with Gasteiger partial charge in [-0.25, -0.2) is 9.67 Å². The molecule has 1 rings (SSSR count). The normalized spacial score (nSPS) is 13.1. The summed E-state index contributed by atoms with van der Waals surface area (Å²) < 4.78 is 2.06. The minimum atomic E-state index is 0.441. The van der Waals surface area contributed by atoms with Crippen molar-refractivity contribution >= 4 is 0 Å². The van der Waals surface area contributed by atoms with Crippen LogP contribution in [0, 0.1) is 13.8 Å². The van der Waals surface area contributed by atoms with E-state index < -0.39 is 0 Å². The molecule has 15 heavy (non-hydrogen) atoms. The van der Waals surface area contributed by atoms with Crippen LogP contribution in [0.2, 0.25) is 0 Å². The second-order valence-electron chi connectivity index (χ2n) is 3.90. The monoisotopic (exact) mass is 210 g/mol. The lowest BCUT2D eigenvalue weighted by Gasteiger charge is -2.17. The van der Waals surface area contributed by atoms with E-state index in [-0.39, 0.29) is 0 Å². The summed E-state index contributed by atoms with van der Waals surface area (Å²) in [5, 5.41) is 7.83. The average Bonchev–Trinajstić information content (AvgIpc) is 2.52. The molecule has 86 valence electrons. The van der Waals surface area contributed by atoms with E-state index in [0.29, 0.717) is 6.04 Å². The molecule has 0 saturated carbocycles. The first-order valence-corrected chi connectivity index (χ1v) is 5.79. The van der Waals surface area contributed by atoms with Gasteiger partial charge in [-0.05, 0) is 26.8 Å². The highest BCUT2D eigenvalue weighted by atomic mass is 15.4. The fourth-order valence-electron chi connectivity index (χ4n) is 1.84. The Labute approximate surface area is 92.1 Å². The zero-order chi connectivity index (χ0) is 11.3. The number of rotatable bonds is 6. The number of hydrogen-bond donors (Lipinski definition) is 1. The first kappa shape index (κ1) is 12.2. The summed E-state index contributed by atoms with van der Waals surface area (Å²) in [6, 6.07) is 0.441. The van der Waals surface area contributed by atoms with E-state index in [9.17, 15) is 0 Å². The molecule has 1 aromatic heterocycles. The number of hydrogen-bond acceptors (Lipinski definition) is 3. The van der Waals surface area contributed by atoms with E-state index in [1.807, 2.05) is 13.8 Å². The van der Waals surface area contributed by atoms with Crippen LogP contribution in [-0.2, 0) is 0 Å². The molecule has 0 aliphatic carbocycles. The molecule has 0 aromatic carbocycles. The maximum atomic E-state index is 4.45. The van der Waals surface area contributed by atoms with Crippen LogP contribution in [0.3, 0.4) is 0 Å². The molecular formula is C11H22N4. The SMILES string of the molecule is CCCC(CNCC)n1nc(C)nc1C. The van der Waals surface area contributed by atoms with Crippen molar-refractivity contribution in [2.45, 2.75) is 46.6 Å². The number of likely N-dealkylation sites (N-methyl/N-ethyl adjacent to an activating group) is 1. The molecule has 0 bridgehead atoms. The van der Waals surface area contributed by atoms with Crippen molar-refractivity contribution in [3.8, 4) is 0 Å². The van der Waals surface area contributed by atoms with Crippen molar-refractivity contribution in [3.05, 3.63) is 11.6 Å². The van der Waals surface area contributed by atoms with Gasteiger partial charge in [0.15, 0.2) is 0 Å². The second-order valence-corrected chi connectivity index (χ2v) is 3.90. The first-order valence-electron chi connectivity index (χ1n) is 5.79. The van der Waals surface area contributed by atoms with Crippen molar-refractivity contribution in [1.29, 1.82) is 0 Å². The minimum absolute atomic E-state index is 0.441. The van der Waals surface area contributed by atoms with Crippen LogP contribution < -0.4 is 5.32 Å². The molecule has 1 atom stereocenters. The lowest BCUT2D eigenvalue weighted by Crippen LogP contribution is -2.26. The third kappa shape index (κ3) is 3.30. The Morgan fingerprint density at radius 1 is 1.33 bits per heavy atom. The molecule has 0 aliphatic heterocycles. The molecule has 0 amide bonds. The predicted octanol–water partition coefficient (Wildman–Crippen LogP) is 1.85. The highest BCUT2D eigenvalue weighted by Crippen LogP contribution is 2.13. The van der Waals surface area contributed by atoms with E-state index in [1.165, 1.54) is 6.42 Å². The molecule has 4 heteroatoms. The maximum absolute atomic E-state index is 4.45. The molecule has 4 nitrogen and oxygen atoms in total. The zero-order valence-corrected chi connectivity index (χ0v) is 10.2. The third-order valence-electron chi connectivity index (χ3n) is 2.51. The van der Waals surface area contributed by atoms with Gasteiger partial charge in [-0.15, -0.1) is 0 Å². The van der Waals surface area contributed by atoms with Gasteiger partial charge in [-0.2, -0.15) is 5.10 Å². The van der Waals surface area contributed by atoms with Crippen LogP contribution in [0.5, 0.6) is 0 Å². The Morgan fingerprint density at radius 3 is 2.53 bits per heavy atom. The summed E-state index contributed by atoms with van der Waals surface area (Å²) in [7, 11) is 0. The topological polar surface area (TPSA) is 42.7 Å². The van der Waals surface area contributed by atoms with Crippen molar-refractivity contribution in [3.63, 3.8) is 0 Å². The van der Waals surface area contributed by atoms with E-state index in [2.05, 4.69) is 33.9 Å². The summed E-state index contributed by atoms with van der Waals surface area (Å²) >= 11 is 0. The zero-order valence-electron chi connectivity index (χ0n) is 10.2. The van der Waals surface area contributed by atoms with Crippen LogP contribution in [0.15, 0.2) is 0 Å². The smallest absolute Gasteiger partial charge is 0.147 e. The maximum Gasteiger partial charge on any atom is 0.147 e. The molecule has 0 spiro atoms. The Kier molecular flexibility index (Phi) is 4.75. The first-order chi connectivity index (χ1) is 7.19. The molecule has 0 fully saturated rings. The van der Waals surface area contributed by atoms with Crippen molar-refractivity contribution in [1.82, 2.24) is 20.1 Å². The number of nitrogens with zero attached hydrogens (tertiary/aromatic N) is 3.